The van der Waals surface area contributed by atoms with Crippen molar-refractivity contribution in [1.82, 2.24) is 4.98 Å². The summed E-state index contributed by atoms with van der Waals surface area (Å²) in [5.41, 5.74) is 0.504. The number of carbonyl (C=O) groups excluding carboxylic acids is 1. The van der Waals surface area contributed by atoms with Crippen molar-refractivity contribution in [3.05, 3.63) is 52.0 Å². The number of amides is 2. The summed E-state index contributed by atoms with van der Waals surface area (Å²) >= 11 is 6.45. The Labute approximate surface area is 143 Å². The second-order valence-electron chi connectivity index (χ2n) is 4.88. The van der Waals surface area contributed by atoms with Gasteiger partial charge in [-0.2, -0.15) is 13.2 Å². The molecule has 2 aromatic carbocycles. The number of nitrogens with one attached hydrogen (secondary N) is 3. The fraction of sp³-hybridized carbons (Fsp3) is 0.0667. The first-order chi connectivity index (χ1) is 11.3. The normalized spacial score (nSPS) is 11.5. The molecule has 0 aliphatic carbocycles. The molecule has 0 aliphatic rings. The number of H-pyrrole nitrogens is 1. The number of alkyl halides is 3. The molecule has 0 fully saturated rings. The Kier molecular flexibility index (Phi) is 4.29. The number of anilines is 2. The van der Waals surface area contributed by atoms with Crippen LogP contribution < -0.4 is 10.6 Å². The number of hydrogen-bond acceptors (Lipinski definition) is 3. The summed E-state index contributed by atoms with van der Waals surface area (Å²) in [6.45, 7) is 0. The Bertz CT molecular complexity index is 962. The van der Waals surface area contributed by atoms with Crippen LogP contribution >= 0.6 is 23.6 Å². The fourth-order valence-electron chi connectivity index (χ4n) is 2.10. The van der Waals surface area contributed by atoms with E-state index in [4.69, 9.17) is 12.2 Å². The molecule has 3 rings (SSSR count). The molecule has 1 heterocycles. The third-order valence-corrected chi connectivity index (χ3v) is 4.34. The summed E-state index contributed by atoms with van der Waals surface area (Å²) in [6, 6.07) is 8.98. The third kappa shape index (κ3) is 3.74. The van der Waals surface area contributed by atoms with Gasteiger partial charge in [0, 0.05) is 11.4 Å². The summed E-state index contributed by atoms with van der Waals surface area (Å²) in [5, 5.41) is 4.95. The number of carbonyl (C=O) groups is 1. The zero-order valence-corrected chi connectivity index (χ0v) is 13.5. The number of benzene rings is 2. The molecule has 0 saturated carbocycles. The number of rotatable bonds is 2. The minimum absolute atomic E-state index is 0.0540. The standard InChI is InChI=1S/C15H10F3N3OS2/c16-15(17,18)8-2-1-3-9(6-8)19-13(22)20-10-4-5-12-11(7-10)21-14(23)24-12/h1-7H,(H,21,23)(H2,19,20,22). The van der Waals surface area contributed by atoms with Crippen LogP contribution in [0.25, 0.3) is 10.2 Å². The van der Waals surface area contributed by atoms with Gasteiger partial charge in [0.05, 0.1) is 15.8 Å². The van der Waals surface area contributed by atoms with Crippen LogP contribution in [0.1, 0.15) is 5.56 Å². The van der Waals surface area contributed by atoms with E-state index >= 15 is 0 Å². The number of aromatic nitrogens is 1. The smallest absolute Gasteiger partial charge is 0.337 e. The number of aromatic amines is 1. The highest BCUT2D eigenvalue weighted by molar-refractivity contribution is 7.73. The minimum atomic E-state index is -4.46. The van der Waals surface area contributed by atoms with Gasteiger partial charge in [-0.15, -0.1) is 11.3 Å². The zero-order chi connectivity index (χ0) is 17.3. The van der Waals surface area contributed by atoms with Crippen LogP contribution in [-0.2, 0) is 6.18 Å². The predicted octanol–water partition coefficient (Wildman–Crippen LogP) is 5.62. The van der Waals surface area contributed by atoms with E-state index < -0.39 is 17.8 Å². The summed E-state index contributed by atoms with van der Waals surface area (Å²) < 4.78 is 39.6. The van der Waals surface area contributed by atoms with E-state index in [1.165, 1.54) is 23.5 Å². The van der Waals surface area contributed by atoms with Crippen LogP contribution in [0.3, 0.4) is 0 Å². The SMILES string of the molecule is O=C(Nc1cccc(C(F)(F)F)c1)Nc1ccc2sc(=S)[nH]c2c1. The average Bonchev–Trinajstić information content (AvgIpc) is 2.86. The van der Waals surface area contributed by atoms with Crippen molar-refractivity contribution in [3.8, 4) is 0 Å². The van der Waals surface area contributed by atoms with Crippen LogP contribution in [0.5, 0.6) is 0 Å². The lowest BCUT2D eigenvalue weighted by atomic mass is 10.2. The molecule has 0 unspecified atom stereocenters. The average molecular weight is 369 g/mol. The zero-order valence-electron chi connectivity index (χ0n) is 11.9. The molecule has 24 heavy (non-hydrogen) atoms. The largest absolute Gasteiger partial charge is 0.416 e. The molecule has 1 aromatic heterocycles. The topological polar surface area (TPSA) is 56.9 Å². The second-order valence-corrected chi connectivity index (χ2v) is 6.60. The van der Waals surface area contributed by atoms with Gasteiger partial charge in [-0.25, -0.2) is 4.79 Å². The summed E-state index contributed by atoms with van der Waals surface area (Å²) in [4.78, 5) is 14.9. The fourth-order valence-corrected chi connectivity index (χ4v) is 3.19. The predicted molar refractivity (Wildman–Crippen MR) is 91.1 cm³/mol. The van der Waals surface area contributed by atoms with Gasteiger partial charge in [0.2, 0.25) is 0 Å². The van der Waals surface area contributed by atoms with E-state index in [1.54, 1.807) is 18.2 Å². The van der Waals surface area contributed by atoms with E-state index in [-0.39, 0.29) is 5.69 Å². The van der Waals surface area contributed by atoms with Gasteiger partial charge >= 0.3 is 12.2 Å². The molecule has 3 aromatic rings. The van der Waals surface area contributed by atoms with Gasteiger partial charge in [0.15, 0.2) is 3.95 Å². The van der Waals surface area contributed by atoms with Crippen LogP contribution in [0, 0.1) is 3.95 Å². The minimum Gasteiger partial charge on any atom is -0.337 e. The van der Waals surface area contributed by atoms with E-state index in [2.05, 4.69) is 15.6 Å². The number of halogens is 3. The highest BCUT2D eigenvalue weighted by atomic mass is 32.1. The first-order valence-electron chi connectivity index (χ1n) is 6.69. The van der Waals surface area contributed by atoms with Gasteiger partial charge < -0.3 is 15.6 Å². The van der Waals surface area contributed by atoms with Crippen LogP contribution in [0.2, 0.25) is 0 Å². The number of hydrogen-bond donors (Lipinski definition) is 3. The lowest BCUT2D eigenvalue weighted by molar-refractivity contribution is -0.137. The van der Waals surface area contributed by atoms with Crippen molar-refractivity contribution in [3.63, 3.8) is 0 Å². The van der Waals surface area contributed by atoms with Crippen LogP contribution in [-0.4, -0.2) is 11.0 Å². The Morgan fingerprint density at radius 1 is 1.08 bits per heavy atom. The number of fused-ring (bicyclic) bond motifs is 1. The van der Waals surface area contributed by atoms with Gasteiger partial charge in [-0.1, -0.05) is 6.07 Å². The van der Waals surface area contributed by atoms with Crippen molar-refractivity contribution in [2.45, 2.75) is 6.18 Å². The van der Waals surface area contributed by atoms with Crippen molar-refractivity contribution in [2.75, 3.05) is 10.6 Å². The van der Waals surface area contributed by atoms with Crippen LogP contribution in [0.4, 0.5) is 29.3 Å². The quantitative estimate of drug-likeness (QED) is 0.513. The molecular weight excluding hydrogens is 359 g/mol. The van der Waals surface area contributed by atoms with Crippen molar-refractivity contribution in [1.29, 1.82) is 0 Å². The number of urea groups is 1. The molecule has 124 valence electrons. The van der Waals surface area contributed by atoms with Crippen molar-refractivity contribution in [2.24, 2.45) is 0 Å². The second kappa shape index (κ2) is 6.25. The van der Waals surface area contributed by atoms with Crippen LogP contribution in [0.15, 0.2) is 42.5 Å². The van der Waals surface area contributed by atoms with Crippen molar-refractivity contribution < 1.29 is 18.0 Å². The Morgan fingerprint density at radius 2 is 1.79 bits per heavy atom. The van der Waals surface area contributed by atoms with Gasteiger partial charge in [0.25, 0.3) is 0 Å². The molecule has 3 N–H and O–H groups in total. The van der Waals surface area contributed by atoms with Gasteiger partial charge in [0.1, 0.15) is 0 Å². The van der Waals surface area contributed by atoms with E-state index in [9.17, 15) is 18.0 Å². The highest BCUT2D eigenvalue weighted by Crippen LogP contribution is 2.30. The lowest BCUT2D eigenvalue weighted by Gasteiger charge is -2.10. The molecule has 0 aliphatic heterocycles. The maximum absolute atomic E-state index is 12.7. The van der Waals surface area contributed by atoms with E-state index in [0.29, 0.717) is 9.64 Å². The summed E-state index contributed by atoms with van der Waals surface area (Å²) in [6.07, 6.45) is -4.46. The maximum atomic E-state index is 12.7. The van der Waals surface area contributed by atoms with E-state index in [0.717, 1.165) is 22.3 Å². The molecule has 0 radical (unpaired) electrons. The third-order valence-electron chi connectivity index (χ3n) is 3.12. The molecule has 0 atom stereocenters. The molecule has 0 spiro atoms. The summed E-state index contributed by atoms with van der Waals surface area (Å²) in [7, 11) is 0. The van der Waals surface area contributed by atoms with E-state index in [1.807, 2.05) is 0 Å². The Morgan fingerprint density at radius 3 is 2.50 bits per heavy atom. The first kappa shape index (κ1) is 16.5. The van der Waals surface area contributed by atoms with Crippen molar-refractivity contribution >= 4 is 51.2 Å². The Hall–Kier alpha value is -2.39. The molecule has 0 bridgehead atoms. The lowest BCUT2D eigenvalue weighted by Crippen LogP contribution is -2.19. The molecule has 2 amide bonds. The summed E-state index contributed by atoms with van der Waals surface area (Å²) in [5.74, 6) is 0. The first-order valence-corrected chi connectivity index (χ1v) is 7.92. The maximum Gasteiger partial charge on any atom is 0.416 e. The monoisotopic (exact) mass is 369 g/mol. The Balaban J connectivity index is 1.74. The highest BCUT2D eigenvalue weighted by Gasteiger charge is 2.30. The molecule has 4 nitrogen and oxygen atoms in total. The molecule has 9 heteroatoms. The van der Waals surface area contributed by atoms with Gasteiger partial charge in [-0.3, -0.25) is 0 Å². The number of thiazole rings is 1. The molecular formula is C15H10F3N3OS2. The molecule has 0 saturated heterocycles. The van der Waals surface area contributed by atoms with Gasteiger partial charge in [-0.05, 0) is 48.6 Å².